The number of benzene rings is 1. The van der Waals surface area contributed by atoms with E-state index in [0.717, 1.165) is 12.5 Å². The summed E-state index contributed by atoms with van der Waals surface area (Å²) in [4.78, 5) is 0. The van der Waals surface area contributed by atoms with E-state index in [0.29, 0.717) is 6.04 Å². The molecule has 0 saturated heterocycles. The van der Waals surface area contributed by atoms with Gasteiger partial charge in [0.15, 0.2) is 0 Å². The monoisotopic (exact) mass is 279 g/mol. The van der Waals surface area contributed by atoms with Gasteiger partial charge in [-0.25, -0.2) is 0 Å². The van der Waals surface area contributed by atoms with Crippen molar-refractivity contribution in [2.45, 2.75) is 46.6 Å². The second-order valence-electron chi connectivity index (χ2n) is 5.57. The van der Waals surface area contributed by atoms with Crippen LogP contribution < -0.4 is 5.32 Å². The topological polar surface area (TPSA) is 12.0 Å². The van der Waals surface area contributed by atoms with Crippen LogP contribution in [0.3, 0.4) is 0 Å². The van der Waals surface area contributed by atoms with E-state index >= 15 is 0 Å². The van der Waals surface area contributed by atoms with Gasteiger partial charge in [0.05, 0.1) is 0 Å². The maximum absolute atomic E-state index is 3.60. The molecule has 0 aliphatic carbocycles. The standard InChI is InChI=1S/C17H29NS/c1-5-19-12-6-11-18-15(4)17-9-7-16(8-10-17)13-14(2)3/h7-10,14-15,18H,5-6,11-13H2,1-4H3. The summed E-state index contributed by atoms with van der Waals surface area (Å²) in [5, 5.41) is 3.60. The normalized spacial score (nSPS) is 12.9. The molecular formula is C17H29NS. The van der Waals surface area contributed by atoms with Crippen molar-refractivity contribution in [1.29, 1.82) is 0 Å². The van der Waals surface area contributed by atoms with E-state index in [2.05, 4.69) is 57.3 Å². The highest BCUT2D eigenvalue weighted by Gasteiger charge is 2.04. The average molecular weight is 279 g/mol. The third-order valence-electron chi connectivity index (χ3n) is 3.24. The molecule has 0 saturated carbocycles. The lowest BCUT2D eigenvalue weighted by atomic mass is 10.00. The van der Waals surface area contributed by atoms with Crippen molar-refractivity contribution in [3.05, 3.63) is 35.4 Å². The maximum Gasteiger partial charge on any atom is 0.0291 e. The third-order valence-corrected chi connectivity index (χ3v) is 4.23. The molecule has 1 atom stereocenters. The number of rotatable bonds is 9. The van der Waals surface area contributed by atoms with Crippen LogP contribution in [0.25, 0.3) is 0 Å². The first-order valence-corrected chi connectivity index (χ1v) is 8.69. The van der Waals surface area contributed by atoms with Crippen LogP contribution in [0.5, 0.6) is 0 Å². The van der Waals surface area contributed by atoms with E-state index in [-0.39, 0.29) is 0 Å². The lowest BCUT2D eigenvalue weighted by molar-refractivity contribution is 0.572. The Hall–Kier alpha value is -0.470. The molecule has 0 aliphatic rings. The Morgan fingerprint density at radius 3 is 2.37 bits per heavy atom. The Morgan fingerprint density at radius 1 is 1.11 bits per heavy atom. The highest BCUT2D eigenvalue weighted by atomic mass is 32.2. The predicted octanol–water partition coefficient (Wildman–Crippen LogP) is 4.68. The minimum absolute atomic E-state index is 0.458. The van der Waals surface area contributed by atoms with Gasteiger partial charge in [-0.15, -0.1) is 0 Å². The molecule has 0 bridgehead atoms. The van der Waals surface area contributed by atoms with Gasteiger partial charge in [-0.1, -0.05) is 45.0 Å². The van der Waals surface area contributed by atoms with Crippen LogP contribution >= 0.6 is 11.8 Å². The molecule has 0 aliphatic heterocycles. The summed E-state index contributed by atoms with van der Waals surface area (Å²) in [7, 11) is 0. The fraction of sp³-hybridized carbons (Fsp3) is 0.647. The van der Waals surface area contributed by atoms with Gasteiger partial charge < -0.3 is 5.32 Å². The fourth-order valence-corrected chi connectivity index (χ4v) is 2.81. The molecule has 1 N–H and O–H groups in total. The summed E-state index contributed by atoms with van der Waals surface area (Å²) in [5.74, 6) is 3.23. The summed E-state index contributed by atoms with van der Waals surface area (Å²) in [5.41, 5.74) is 2.85. The van der Waals surface area contributed by atoms with Crippen molar-refractivity contribution in [2.24, 2.45) is 5.92 Å². The van der Waals surface area contributed by atoms with E-state index in [1.807, 2.05) is 11.8 Å². The van der Waals surface area contributed by atoms with E-state index in [9.17, 15) is 0 Å². The van der Waals surface area contributed by atoms with Crippen molar-refractivity contribution in [2.75, 3.05) is 18.1 Å². The molecule has 0 amide bonds. The van der Waals surface area contributed by atoms with Crippen LogP contribution in [0, 0.1) is 5.92 Å². The van der Waals surface area contributed by atoms with Crippen molar-refractivity contribution < 1.29 is 0 Å². The molecule has 0 fully saturated rings. The smallest absolute Gasteiger partial charge is 0.0291 e. The minimum Gasteiger partial charge on any atom is -0.310 e. The van der Waals surface area contributed by atoms with Crippen molar-refractivity contribution in [1.82, 2.24) is 5.32 Å². The minimum atomic E-state index is 0.458. The summed E-state index contributed by atoms with van der Waals surface area (Å²) in [6.07, 6.45) is 2.44. The van der Waals surface area contributed by atoms with Crippen molar-refractivity contribution >= 4 is 11.8 Å². The molecule has 0 radical (unpaired) electrons. The van der Waals surface area contributed by atoms with Crippen LogP contribution in [0.1, 0.15) is 51.3 Å². The summed E-state index contributed by atoms with van der Waals surface area (Å²) in [6.45, 7) is 10.1. The molecule has 0 aromatic heterocycles. The highest BCUT2D eigenvalue weighted by Crippen LogP contribution is 2.15. The quantitative estimate of drug-likeness (QED) is 0.659. The number of nitrogens with one attached hydrogen (secondary N) is 1. The summed E-state index contributed by atoms with van der Waals surface area (Å²) >= 11 is 2.02. The van der Waals surface area contributed by atoms with E-state index in [1.54, 1.807) is 0 Å². The van der Waals surface area contributed by atoms with Crippen LogP contribution in [0.15, 0.2) is 24.3 Å². The van der Waals surface area contributed by atoms with Gasteiger partial charge in [0.25, 0.3) is 0 Å². The Labute approximate surface area is 123 Å². The SMILES string of the molecule is CCSCCCNC(C)c1ccc(CC(C)C)cc1. The zero-order chi connectivity index (χ0) is 14.1. The molecule has 0 spiro atoms. The van der Waals surface area contributed by atoms with Crippen LogP contribution in [-0.2, 0) is 6.42 Å². The summed E-state index contributed by atoms with van der Waals surface area (Å²) < 4.78 is 0. The molecule has 19 heavy (non-hydrogen) atoms. The molecule has 1 aromatic carbocycles. The Balaban J connectivity index is 2.33. The molecular weight excluding hydrogens is 250 g/mol. The molecule has 2 heteroatoms. The lowest BCUT2D eigenvalue weighted by Crippen LogP contribution is -2.20. The first-order chi connectivity index (χ1) is 9.13. The van der Waals surface area contributed by atoms with Crippen LogP contribution in [0.2, 0.25) is 0 Å². The molecule has 1 unspecified atom stereocenters. The molecule has 1 aromatic rings. The zero-order valence-corrected chi connectivity index (χ0v) is 13.7. The van der Waals surface area contributed by atoms with Gasteiger partial charge >= 0.3 is 0 Å². The fourth-order valence-electron chi connectivity index (χ4n) is 2.17. The van der Waals surface area contributed by atoms with Gasteiger partial charge in [-0.05, 0) is 54.9 Å². The molecule has 0 heterocycles. The van der Waals surface area contributed by atoms with Gasteiger partial charge in [0, 0.05) is 6.04 Å². The second kappa shape index (κ2) is 9.44. The predicted molar refractivity (Wildman–Crippen MR) is 89.0 cm³/mol. The zero-order valence-electron chi connectivity index (χ0n) is 12.9. The van der Waals surface area contributed by atoms with Crippen LogP contribution in [-0.4, -0.2) is 18.1 Å². The number of hydrogen-bond acceptors (Lipinski definition) is 2. The second-order valence-corrected chi connectivity index (χ2v) is 6.96. The van der Waals surface area contributed by atoms with Gasteiger partial charge in [0.2, 0.25) is 0 Å². The summed E-state index contributed by atoms with van der Waals surface area (Å²) in [6, 6.07) is 9.56. The largest absolute Gasteiger partial charge is 0.310 e. The van der Waals surface area contributed by atoms with Crippen molar-refractivity contribution in [3.63, 3.8) is 0 Å². The van der Waals surface area contributed by atoms with E-state index in [4.69, 9.17) is 0 Å². The lowest BCUT2D eigenvalue weighted by Gasteiger charge is -2.15. The van der Waals surface area contributed by atoms with Crippen LogP contribution in [0.4, 0.5) is 0 Å². The van der Waals surface area contributed by atoms with Gasteiger partial charge in [-0.3, -0.25) is 0 Å². The van der Waals surface area contributed by atoms with E-state index < -0.39 is 0 Å². The van der Waals surface area contributed by atoms with Crippen molar-refractivity contribution in [3.8, 4) is 0 Å². The highest BCUT2D eigenvalue weighted by molar-refractivity contribution is 7.99. The maximum atomic E-state index is 3.60. The first-order valence-electron chi connectivity index (χ1n) is 7.53. The Morgan fingerprint density at radius 2 is 1.79 bits per heavy atom. The first kappa shape index (κ1) is 16.6. The molecule has 1 nitrogen and oxygen atoms in total. The van der Waals surface area contributed by atoms with Gasteiger partial charge in [0.1, 0.15) is 0 Å². The Kier molecular flexibility index (Phi) is 8.24. The number of thioether (sulfide) groups is 1. The average Bonchev–Trinajstić information content (AvgIpc) is 2.38. The third kappa shape index (κ3) is 7.03. The Bertz CT molecular complexity index is 332. The number of hydrogen-bond donors (Lipinski definition) is 1. The van der Waals surface area contributed by atoms with E-state index in [1.165, 1.54) is 35.5 Å². The molecule has 108 valence electrons. The molecule has 1 rings (SSSR count). The van der Waals surface area contributed by atoms with Gasteiger partial charge in [-0.2, -0.15) is 11.8 Å².